The summed E-state index contributed by atoms with van der Waals surface area (Å²) in [5.41, 5.74) is -0.189. The molecule has 9 heteroatoms. The molecule has 0 unspecified atom stereocenters. The highest BCUT2D eigenvalue weighted by Crippen LogP contribution is 2.40. The number of fused-ring (bicyclic) bond motifs is 1. The average molecular weight is 444 g/mol. The number of carbonyl (C=O) groups is 2. The lowest BCUT2D eigenvalue weighted by molar-refractivity contribution is 0.0581. The predicted molar refractivity (Wildman–Crippen MR) is 95.3 cm³/mol. The molecule has 2 aromatic rings. The van der Waals surface area contributed by atoms with Gasteiger partial charge in [0.15, 0.2) is 5.82 Å². The zero-order valence-electron chi connectivity index (χ0n) is 13.5. The van der Waals surface area contributed by atoms with Crippen molar-refractivity contribution in [2.45, 2.75) is 45.3 Å². The third-order valence-electron chi connectivity index (χ3n) is 3.46. The molecule has 1 aliphatic carbocycles. The number of halogens is 1. The summed E-state index contributed by atoms with van der Waals surface area (Å²) in [6.07, 6.45) is 2.88. The number of imide groups is 1. The van der Waals surface area contributed by atoms with Gasteiger partial charge < -0.3 is 14.4 Å². The van der Waals surface area contributed by atoms with Crippen LogP contribution < -0.4 is 4.90 Å². The van der Waals surface area contributed by atoms with Gasteiger partial charge in [-0.05, 0) is 56.2 Å². The summed E-state index contributed by atoms with van der Waals surface area (Å²) in [5.74, 6) is 0.0190. The van der Waals surface area contributed by atoms with Crippen molar-refractivity contribution in [1.82, 2.24) is 14.5 Å². The Kier molecular flexibility index (Phi) is 4.14. The first-order valence-corrected chi connectivity index (χ1v) is 8.54. The maximum absolute atomic E-state index is 12.4. The van der Waals surface area contributed by atoms with Crippen LogP contribution in [0, 0.1) is 3.57 Å². The second-order valence-electron chi connectivity index (χ2n) is 6.61. The predicted octanol–water partition coefficient (Wildman–Crippen LogP) is 3.79. The SMILES string of the molecule is CC(C)(C)OC(=O)N(C(=O)O)c1ncnc2c1c(I)cn2C1CC1. The van der Waals surface area contributed by atoms with E-state index in [2.05, 4.69) is 32.6 Å². The minimum atomic E-state index is -1.45. The molecule has 8 nitrogen and oxygen atoms in total. The van der Waals surface area contributed by atoms with Crippen LogP contribution in [0.3, 0.4) is 0 Å². The van der Waals surface area contributed by atoms with Crippen molar-refractivity contribution in [3.05, 3.63) is 16.1 Å². The number of nitrogens with zero attached hydrogens (tertiary/aromatic N) is 4. The number of hydrogen-bond acceptors (Lipinski definition) is 5. The van der Waals surface area contributed by atoms with E-state index in [0.29, 0.717) is 22.0 Å². The highest BCUT2D eigenvalue weighted by Gasteiger charge is 2.34. The summed E-state index contributed by atoms with van der Waals surface area (Å²) in [5, 5.41) is 10.1. The van der Waals surface area contributed by atoms with Crippen LogP contribution in [0.25, 0.3) is 11.0 Å². The first-order chi connectivity index (χ1) is 11.2. The lowest BCUT2D eigenvalue weighted by Crippen LogP contribution is -2.40. The van der Waals surface area contributed by atoms with E-state index < -0.39 is 17.8 Å². The number of amides is 2. The molecular formula is C15H17IN4O4. The molecule has 3 rings (SSSR count). The topological polar surface area (TPSA) is 97.6 Å². The summed E-state index contributed by atoms with van der Waals surface area (Å²) >= 11 is 2.10. The first-order valence-electron chi connectivity index (χ1n) is 7.46. The molecule has 0 aromatic carbocycles. The van der Waals surface area contributed by atoms with E-state index in [1.807, 2.05) is 10.8 Å². The Morgan fingerprint density at radius 2 is 2.04 bits per heavy atom. The summed E-state index contributed by atoms with van der Waals surface area (Å²) in [6, 6.07) is 0.374. The second kappa shape index (κ2) is 5.87. The van der Waals surface area contributed by atoms with Gasteiger partial charge in [0.05, 0.1) is 5.39 Å². The minimum absolute atomic E-state index is 0.0190. The summed E-state index contributed by atoms with van der Waals surface area (Å²) in [4.78, 5) is 32.9. The highest BCUT2D eigenvalue weighted by molar-refractivity contribution is 14.1. The number of carbonyl (C=O) groups excluding carboxylic acids is 1. The average Bonchev–Trinajstić information content (AvgIpc) is 3.22. The van der Waals surface area contributed by atoms with Crippen LogP contribution in [-0.4, -0.2) is 37.4 Å². The Morgan fingerprint density at radius 3 is 2.58 bits per heavy atom. The molecule has 1 saturated carbocycles. The largest absolute Gasteiger partial charge is 0.464 e. The van der Waals surface area contributed by atoms with Crippen molar-refractivity contribution < 1.29 is 19.4 Å². The zero-order valence-corrected chi connectivity index (χ0v) is 15.6. The van der Waals surface area contributed by atoms with Crippen LogP contribution in [0.15, 0.2) is 12.5 Å². The van der Waals surface area contributed by atoms with Crippen molar-refractivity contribution in [2.24, 2.45) is 0 Å². The summed E-state index contributed by atoms with van der Waals surface area (Å²) in [7, 11) is 0. The Labute approximate surface area is 152 Å². The minimum Gasteiger partial charge on any atom is -0.464 e. The van der Waals surface area contributed by atoms with Crippen LogP contribution in [0.1, 0.15) is 39.7 Å². The summed E-state index contributed by atoms with van der Waals surface area (Å²) in [6.45, 7) is 5.02. The fraction of sp³-hybridized carbons (Fsp3) is 0.467. The van der Waals surface area contributed by atoms with Gasteiger partial charge in [-0.15, -0.1) is 0 Å². The van der Waals surface area contributed by atoms with E-state index in [-0.39, 0.29) is 5.82 Å². The van der Waals surface area contributed by atoms with Crippen LogP contribution in [0.4, 0.5) is 15.4 Å². The lowest BCUT2D eigenvalue weighted by Gasteiger charge is -2.24. The molecule has 2 heterocycles. The molecule has 2 aromatic heterocycles. The van der Waals surface area contributed by atoms with Gasteiger partial charge in [-0.3, -0.25) is 0 Å². The van der Waals surface area contributed by atoms with E-state index in [1.54, 1.807) is 20.8 Å². The molecule has 24 heavy (non-hydrogen) atoms. The van der Waals surface area contributed by atoms with Gasteiger partial charge in [0, 0.05) is 15.8 Å². The molecule has 1 N–H and O–H groups in total. The highest BCUT2D eigenvalue weighted by atomic mass is 127. The molecule has 1 fully saturated rings. The number of anilines is 1. The Bertz CT molecular complexity index is 823. The standard InChI is InChI=1S/C15H17IN4O4/c1-15(2,3)24-14(23)20(13(21)22)12-10-9(16)6-19(8-4-5-8)11(10)17-7-18-12/h6-8H,4-5H2,1-3H3,(H,21,22). The van der Waals surface area contributed by atoms with Gasteiger partial charge in [-0.2, -0.15) is 4.90 Å². The van der Waals surface area contributed by atoms with E-state index in [1.165, 1.54) is 6.33 Å². The first kappa shape index (κ1) is 16.9. The Balaban J connectivity index is 2.11. The number of carboxylic acid groups (broad SMARTS) is 1. The molecule has 0 aliphatic heterocycles. The third kappa shape index (κ3) is 3.17. The maximum Gasteiger partial charge on any atom is 0.425 e. The van der Waals surface area contributed by atoms with Crippen LogP contribution in [-0.2, 0) is 4.74 Å². The molecule has 0 atom stereocenters. The normalized spacial score (nSPS) is 14.7. The zero-order chi connectivity index (χ0) is 17.6. The van der Waals surface area contributed by atoms with Gasteiger partial charge in [0.2, 0.25) is 0 Å². The molecule has 0 radical (unpaired) electrons. The smallest absolute Gasteiger partial charge is 0.425 e. The van der Waals surface area contributed by atoms with Crippen LogP contribution >= 0.6 is 22.6 Å². The van der Waals surface area contributed by atoms with Crippen molar-refractivity contribution >= 4 is 51.6 Å². The third-order valence-corrected chi connectivity index (χ3v) is 4.28. The van der Waals surface area contributed by atoms with Crippen LogP contribution in [0.5, 0.6) is 0 Å². The number of aromatic nitrogens is 3. The van der Waals surface area contributed by atoms with E-state index >= 15 is 0 Å². The van der Waals surface area contributed by atoms with Gasteiger partial charge in [0.1, 0.15) is 17.6 Å². The number of hydrogen-bond donors (Lipinski definition) is 1. The molecule has 0 saturated heterocycles. The Morgan fingerprint density at radius 1 is 1.38 bits per heavy atom. The van der Waals surface area contributed by atoms with Crippen molar-refractivity contribution in [1.29, 1.82) is 0 Å². The quantitative estimate of drug-likeness (QED) is 0.708. The Hall–Kier alpha value is -1.91. The number of rotatable bonds is 2. The van der Waals surface area contributed by atoms with Gasteiger partial charge in [0.25, 0.3) is 0 Å². The molecular weight excluding hydrogens is 427 g/mol. The molecule has 1 aliphatic rings. The van der Waals surface area contributed by atoms with Gasteiger partial charge >= 0.3 is 12.2 Å². The fourth-order valence-corrected chi connectivity index (χ4v) is 3.17. The number of ether oxygens (including phenoxy) is 1. The second-order valence-corrected chi connectivity index (χ2v) is 7.77. The molecule has 2 amide bonds. The van der Waals surface area contributed by atoms with E-state index in [4.69, 9.17) is 4.74 Å². The fourth-order valence-electron chi connectivity index (χ4n) is 2.39. The van der Waals surface area contributed by atoms with E-state index in [0.717, 1.165) is 16.4 Å². The lowest BCUT2D eigenvalue weighted by atomic mass is 10.2. The monoisotopic (exact) mass is 444 g/mol. The van der Waals surface area contributed by atoms with Gasteiger partial charge in [-0.1, -0.05) is 0 Å². The molecule has 128 valence electrons. The summed E-state index contributed by atoms with van der Waals surface area (Å²) < 4.78 is 8.01. The van der Waals surface area contributed by atoms with Crippen molar-refractivity contribution in [3.8, 4) is 0 Å². The van der Waals surface area contributed by atoms with E-state index in [9.17, 15) is 14.7 Å². The van der Waals surface area contributed by atoms with Crippen molar-refractivity contribution in [2.75, 3.05) is 4.90 Å². The van der Waals surface area contributed by atoms with Gasteiger partial charge in [-0.25, -0.2) is 19.6 Å². The molecule has 0 bridgehead atoms. The van der Waals surface area contributed by atoms with Crippen LogP contribution in [0.2, 0.25) is 0 Å². The van der Waals surface area contributed by atoms with Crippen molar-refractivity contribution in [3.63, 3.8) is 0 Å². The molecule has 0 spiro atoms. The maximum atomic E-state index is 12.4.